The van der Waals surface area contributed by atoms with Gasteiger partial charge < -0.3 is 10.6 Å². The van der Waals surface area contributed by atoms with Crippen LogP contribution in [-0.2, 0) is 12.8 Å². The fourth-order valence-corrected chi connectivity index (χ4v) is 2.79. The van der Waals surface area contributed by atoms with Gasteiger partial charge in [0.25, 0.3) is 0 Å². The van der Waals surface area contributed by atoms with Crippen LogP contribution in [0.1, 0.15) is 31.9 Å². The van der Waals surface area contributed by atoms with Crippen LogP contribution >= 0.6 is 0 Å². The van der Waals surface area contributed by atoms with E-state index in [0.717, 1.165) is 13.0 Å². The molecule has 16 heavy (non-hydrogen) atoms. The number of anilines is 1. The van der Waals surface area contributed by atoms with Crippen molar-refractivity contribution in [1.29, 1.82) is 0 Å². The van der Waals surface area contributed by atoms with Crippen molar-refractivity contribution in [2.24, 2.45) is 5.73 Å². The van der Waals surface area contributed by atoms with Crippen molar-refractivity contribution >= 4 is 5.69 Å². The highest BCUT2D eigenvalue weighted by Crippen LogP contribution is 2.34. The average molecular weight is 218 g/mol. The minimum absolute atomic E-state index is 0.573. The maximum absolute atomic E-state index is 5.61. The predicted octanol–water partition coefficient (Wildman–Crippen LogP) is 2.35. The highest BCUT2D eigenvalue weighted by molar-refractivity contribution is 5.61. The second-order valence-electron chi connectivity index (χ2n) is 5.06. The van der Waals surface area contributed by atoms with Crippen molar-refractivity contribution in [3.8, 4) is 0 Å². The number of rotatable bonds is 3. The Morgan fingerprint density at radius 3 is 2.81 bits per heavy atom. The second kappa shape index (κ2) is 4.46. The lowest BCUT2D eigenvalue weighted by Crippen LogP contribution is -2.35. The van der Waals surface area contributed by atoms with Gasteiger partial charge in [-0.2, -0.15) is 0 Å². The van der Waals surface area contributed by atoms with Crippen LogP contribution in [0, 0.1) is 0 Å². The second-order valence-corrected chi connectivity index (χ2v) is 5.06. The number of hydrogen-bond donors (Lipinski definition) is 1. The molecule has 2 heteroatoms. The van der Waals surface area contributed by atoms with Crippen molar-refractivity contribution in [3.05, 3.63) is 29.3 Å². The van der Waals surface area contributed by atoms with Gasteiger partial charge in [0.2, 0.25) is 0 Å². The molecular weight excluding hydrogens is 196 g/mol. The summed E-state index contributed by atoms with van der Waals surface area (Å²) in [6.07, 6.45) is 2.16. The average Bonchev–Trinajstić information content (AvgIpc) is 2.53. The molecule has 2 nitrogen and oxygen atoms in total. The molecule has 0 aliphatic carbocycles. The standard InChI is InChI=1S/C14H22N2/c1-10(2)16-11(3)8-13-5-4-12(6-7-15)9-14(13)16/h4-5,9-11H,6-8,15H2,1-3H3. The molecule has 2 rings (SSSR count). The molecule has 0 amide bonds. The molecule has 1 aliphatic heterocycles. The van der Waals surface area contributed by atoms with Crippen LogP contribution < -0.4 is 10.6 Å². The van der Waals surface area contributed by atoms with Crippen molar-refractivity contribution in [2.75, 3.05) is 11.4 Å². The molecule has 1 unspecified atom stereocenters. The lowest BCUT2D eigenvalue weighted by molar-refractivity contribution is 0.605. The summed E-state index contributed by atoms with van der Waals surface area (Å²) in [5.74, 6) is 0. The summed E-state index contributed by atoms with van der Waals surface area (Å²) in [7, 11) is 0. The third-order valence-corrected chi connectivity index (χ3v) is 3.41. The van der Waals surface area contributed by atoms with Gasteiger partial charge in [-0.15, -0.1) is 0 Å². The van der Waals surface area contributed by atoms with E-state index in [1.165, 1.54) is 23.2 Å². The molecule has 1 atom stereocenters. The van der Waals surface area contributed by atoms with Gasteiger partial charge in [0, 0.05) is 17.8 Å². The fourth-order valence-electron chi connectivity index (χ4n) is 2.79. The van der Waals surface area contributed by atoms with E-state index in [-0.39, 0.29) is 0 Å². The molecule has 88 valence electrons. The monoisotopic (exact) mass is 218 g/mol. The van der Waals surface area contributed by atoms with E-state index >= 15 is 0 Å². The molecule has 0 aromatic heterocycles. The van der Waals surface area contributed by atoms with Gasteiger partial charge in [-0.3, -0.25) is 0 Å². The lowest BCUT2D eigenvalue weighted by Gasteiger charge is -2.29. The highest BCUT2D eigenvalue weighted by Gasteiger charge is 2.27. The molecule has 0 saturated carbocycles. The van der Waals surface area contributed by atoms with Crippen LogP contribution in [0.2, 0.25) is 0 Å². The van der Waals surface area contributed by atoms with Crippen LogP contribution in [0.3, 0.4) is 0 Å². The molecule has 1 aromatic rings. The minimum atomic E-state index is 0.573. The number of nitrogens with two attached hydrogens (primary N) is 1. The summed E-state index contributed by atoms with van der Waals surface area (Å²) >= 11 is 0. The molecule has 2 N–H and O–H groups in total. The molecule has 0 saturated heterocycles. The summed E-state index contributed by atoms with van der Waals surface area (Å²) in [5, 5.41) is 0. The number of nitrogens with zero attached hydrogens (tertiary/aromatic N) is 1. The SMILES string of the molecule is CC(C)N1c2cc(CCN)ccc2CC1C. The first-order chi connectivity index (χ1) is 7.63. The summed E-state index contributed by atoms with van der Waals surface area (Å²) in [6, 6.07) is 8.03. The molecule has 0 radical (unpaired) electrons. The van der Waals surface area contributed by atoms with Gasteiger partial charge in [0.05, 0.1) is 0 Å². The van der Waals surface area contributed by atoms with Crippen molar-refractivity contribution in [2.45, 2.75) is 45.7 Å². The predicted molar refractivity (Wildman–Crippen MR) is 70.0 cm³/mol. The summed E-state index contributed by atoms with van der Waals surface area (Å²) in [6.45, 7) is 7.57. The Labute approximate surface area is 98.4 Å². The van der Waals surface area contributed by atoms with Gasteiger partial charge in [-0.1, -0.05) is 12.1 Å². The zero-order valence-electron chi connectivity index (χ0n) is 10.5. The third kappa shape index (κ3) is 1.94. The van der Waals surface area contributed by atoms with Gasteiger partial charge in [-0.05, 0) is 57.4 Å². The maximum atomic E-state index is 5.61. The first-order valence-electron chi connectivity index (χ1n) is 6.23. The Hall–Kier alpha value is -1.02. The largest absolute Gasteiger partial charge is 0.366 e. The Morgan fingerprint density at radius 1 is 1.44 bits per heavy atom. The fraction of sp³-hybridized carbons (Fsp3) is 0.571. The maximum Gasteiger partial charge on any atom is 0.0407 e. The van der Waals surface area contributed by atoms with Crippen LogP contribution in [0.15, 0.2) is 18.2 Å². The molecule has 0 bridgehead atoms. The molecular formula is C14H22N2. The quantitative estimate of drug-likeness (QED) is 0.844. The van der Waals surface area contributed by atoms with E-state index < -0.39 is 0 Å². The molecule has 0 fully saturated rings. The van der Waals surface area contributed by atoms with Gasteiger partial charge in [0.1, 0.15) is 0 Å². The smallest absolute Gasteiger partial charge is 0.0407 e. The molecule has 0 spiro atoms. The molecule has 1 aromatic carbocycles. The van der Waals surface area contributed by atoms with Crippen molar-refractivity contribution in [3.63, 3.8) is 0 Å². The topological polar surface area (TPSA) is 29.3 Å². The first-order valence-corrected chi connectivity index (χ1v) is 6.23. The Kier molecular flexibility index (Phi) is 3.20. The third-order valence-electron chi connectivity index (χ3n) is 3.41. The van der Waals surface area contributed by atoms with Crippen molar-refractivity contribution < 1.29 is 0 Å². The zero-order valence-corrected chi connectivity index (χ0v) is 10.5. The van der Waals surface area contributed by atoms with E-state index in [1.807, 2.05) is 0 Å². The Bertz CT molecular complexity index is 371. The van der Waals surface area contributed by atoms with Gasteiger partial charge >= 0.3 is 0 Å². The Morgan fingerprint density at radius 2 is 2.19 bits per heavy atom. The van der Waals surface area contributed by atoms with Gasteiger partial charge in [-0.25, -0.2) is 0 Å². The van der Waals surface area contributed by atoms with E-state index in [9.17, 15) is 0 Å². The summed E-state index contributed by atoms with van der Waals surface area (Å²) < 4.78 is 0. The minimum Gasteiger partial charge on any atom is -0.366 e. The lowest BCUT2D eigenvalue weighted by atomic mass is 10.1. The van der Waals surface area contributed by atoms with E-state index in [4.69, 9.17) is 5.73 Å². The van der Waals surface area contributed by atoms with Crippen LogP contribution in [-0.4, -0.2) is 18.6 Å². The van der Waals surface area contributed by atoms with E-state index in [1.54, 1.807) is 0 Å². The van der Waals surface area contributed by atoms with E-state index in [0.29, 0.717) is 12.1 Å². The summed E-state index contributed by atoms with van der Waals surface area (Å²) in [4.78, 5) is 2.52. The van der Waals surface area contributed by atoms with Gasteiger partial charge in [0.15, 0.2) is 0 Å². The van der Waals surface area contributed by atoms with Crippen LogP contribution in [0.5, 0.6) is 0 Å². The molecule has 1 aliphatic rings. The number of hydrogen-bond acceptors (Lipinski definition) is 2. The summed E-state index contributed by atoms with van der Waals surface area (Å²) in [5.41, 5.74) is 9.89. The number of benzene rings is 1. The normalized spacial score (nSPS) is 19.3. The number of fused-ring (bicyclic) bond motifs is 1. The van der Waals surface area contributed by atoms with Crippen LogP contribution in [0.25, 0.3) is 0 Å². The Balaban J connectivity index is 2.34. The van der Waals surface area contributed by atoms with E-state index in [2.05, 4.69) is 43.9 Å². The zero-order chi connectivity index (χ0) is 11.7. The first kappa shape index (κ1) is 11.5. The highest BCUT2D eigenvalue weighted by atomic mass is 15.2. The van der Waals surface area contributed by atoms with Crippen LogP contribution in [0.4, 0.5) is 5.69 Å². The molecule has 1 heterocycles. The van der Waals surface area contributed by atoms with Crippen molar-refractivity contribution in [1.82, 2.24) is 0 Å².